The predicted octanol–water partition coefficient (Wildman–Crippen LogP) is 1.28. The Morgan fingerprint density at radius 2 is 2.07 bits per heavy atom. The molecule has 0 bridgehead atoms. The highest BCUT2D eigenvalue weighted by Gasteiger charge is 2.23. The molecule has 1 aliphatic heterocycles. The second-order valence-electron chi connectivity index (χ2n) is 5.14. The van der Waals surface area contributed by atoms with Crippen molar-refractivity contribution >= 4 is 0 Å². The van der Waals surface area contributed by atoms with Crippen LogP contribution in [0.4, 0.5) is 0 Å². The van der Waals surface area contributed by atoms with Crippen molar-refractivity contribution in [3.8, 4) is 0 Å². The highest BCUT2D eigenvalue weighted by molar-refractivity contribution is 4.83. The molecule has 0 amide bonds. The van der Waals surface area contributed by atoms with E-state index in [1.807, 2.05) is 0 Å². The summed E-state index contributed by atoms with van der Waals surface area (Å²) in [5, 5.41) is 7.08. The van der Waals surface area contributed by atoms with Gasteiger partial charge in [0.05, 0.1) is 12.2 Å². The first-order chi connectivity index (χ1) is 7.24. The van der Waals surface area contributed by atoms with Gasteiger partial charge in [-0.2, -0.15) is 0 Å². The van der Waals surface area contributed by atoms with Crippen molar-refractivity contribution in [3.63, 3.8) is 0 Å². The molecule has 1 heterocycles. The van der Waals surface area contributed by atoms with Crippen LogP contribution in [0.3, 0.4) is 0 Å². The summed E-state index contributed by atoms with van der Waals surface area (Å²) in [5.41, 5.74) is 0. The highest BCUT2D eigenvalue weighted by Crippen LogP contribution is 2.19. The molecule has 0 aromatic heterocycles. The fourth-order valence-electron chi connectivity index (χ4n) is 2.07. The van der Waals surface area contributed by atoms with E-state index in [-0.39, 0.29) is 0 Å². The van der Waals surface area contributed by atoms with Crippen LogP contribution >= 0.6 is 0 Å². The minimum absolute atomic E-state index is 0.448. The third kappa shape index (κ3) is 4.09. The van der Waals surface area contributed by atoms with Gasteiger partial charge in [-0.3, -0.25) is 0 Å². The molecule has 0 aromatic rings. The van der Waals surface area contributed by atoms with Gasteiger partial charge in [0.2, 0.25) is 0 Å². The standard InChI is InChI=1S/C12H24N2O/c1-9(7-14-11-4-5-11)13-8-12-6-3-10(2)15-12/h9-14H,3-8H2,1-2H3. The van der Waals surface area contributed by atoms with E-state index in [2.05, 4.69) is 24.5 Å². The summed E-state index contributed by atoms with van der Waals surface area (Å²) in [7, 11) is 0. The minimum atomic E-state index is 0.448. The van der Waals surface area contributed by atoms with Crippen LogP contribution in [-0.2, 0) is 4.74 Å². The van der Waals surface area contributed by atoms with Crippen molar-refractivity contribution < 1.29 is 4.74 Å². The molecule has 0 radical (unpaired) electrons. The number of ether oxygens (including phenoxy) is 1. The van der Waals surface area contributed by atoms with E-state index in [1.54, 1.807) is 0 Å². The summed E-state index contributed by atoms with van der Waals surface area (Å²) in [5.74, 6) is 0. The van der Waals surface area contributed by atoms with E-state index in [9.17, 15) is 0 Å². The second kappa shape index (κ2) is 5.28. The van der Waals surface area contributed by atoms with Gasteiger partial charge in [-0.15, -0.1) is 0 Å². The van der Waals surface area contributed by atoms with Gasteiger partial charge in [0.15, 0.2) is 0 Å². The van der Waals surface area contributed by atoms with Crippen molar-refractivity contribution in [1.29, 1.82) is 0 Å². The van der Waals surface area contributed by atoms with Crippen molar-refractivity contribution in [2.24, 2.45) is 0 Å². The fraction of sp³-hybridized carbons (Fsp3) is 1.00. The monoisotopic (exact) mass is 212 g/mol. The van der Waals surface area contributed by atoms with Gasteiger partial charge in [-0.05, 0) is 39.5 Å². The smallest absolute Gasteiger partial charge is 0.0704 e. The molecule has 0 spiro atoms. The van der Waals surface area contributed by atoms with Crippen molar-refractivity contribution in [2.45, 2.75) is 63.8 Å². The van der Waals surface area contributed by atoms with Crippen LogP contribution in [-0.4, -0.2) is 37.4 Å². The molecule has 2 aliphatic rings. The van der Waals surface area contributed by atoms with Gasteiger partial charge >= 0.3 is 0 Å². The SMILES string of the molecule is CC(CNC1CC1)NCC1CCC(C)O1. The quantitative estimate of drug-likeness (QED) is 0.696. The maximum absolute atomic E-state index is 5.77. The molecule has 3 heteroatoms. The predicted molar refractivity (Wildman–Crippen MR) is 62.1 cm³/mol. The zero-order valence-electron chi connectivity index (χ0n) is 9.96. The van der Waals surface area contributed by atoms with Crippen LogP contribution in [0.15, 0.2) is 0 Å². The summed E-state index contributed by atoms with van der Waals surface area (Å²) in [6, 6.07) is 1.38. The van der Waals surface area contributed by atoms with Crippen molar-refractivity contribution in [1.82, 2.24) is 10.6 Å². The molecule has 2 rings (SSSR count). The van der Waals surface area contributed by atoms with E-state index < -0.39 is 0 Å². The molecule has 0 aromatic carbocycles. The molecule has 1 aliphatic carbocycles. The van der Waals surface area contributed by atoms with Gasteiger partial charge in [-0.25, -0.2) is 0 Å². The Morgan fingerprint density at radius 3 is 2.67 bits per heavy atom. The van der Waals surface area contributed by atoms with Gasteiger partial charge in [0, 0.05) is 25.2 Å². The highest BCUT2D eigenvalue weighted by atomic mass is 16.5. The van der Waals surface area contributed by atoms with Gasteiger partial charge in [-0.1, -0.05) is 0 Å². The maximum atomic E-state index is 5.77. The first-order valence-corrected chi connectivity index (χ1v) is 6.36. The molecular weight excluding hydrogens is 188 g/mol. The molecule has 88 valence electrons. The zero-order chi connectivity index (χ0) is 10.7. The number of hydrogen-bond acceptors (Lipinski definition) is 3. The summed E-state index contributed by atoms with van der Waals surface area (Å²) in [4.78, 5) is 0. The van der Waals surface area contributed by atoms with Gasteiger partial charge in [0.1, 0.15) is 0 Å². The summed E-state index contributed by atoms with van der Waals surface area (Å²) >= 11 is 0. The lowest BCUT2D eigenvalue weighted by Crippen LogP contribution is -2.40. The molecule has 3 atom stereocenters. The molecule has 3 nitrogen and oxygen atoms in total. The first-order valence-electron chi connectivity index (χ1n) is 6.36. The molecule has 1 saturated carbocycles. The molecule has 3 unspecified atom stereocenters. The van der Waals surface area contributed by atoms with E-state index in [1.165, 1.54) is 25.7 Å². The Balaban J connectivity index is 1.52. The van der Waals surface area contributed by atoms with Crippen LogP contribution in [0.2, 0.25) is 0 Å². The average molecular weight is 212 g/mol. The van der Waals surface area contributed by atoms with Crippen LogP contribution in [0.5, 0.6) is 0 Å². The Kier molecular flexibility index (Phi) is 4.00. The topological polar surface area (TPSA) is 33.3 Å². The van der Waals surface area contributed by atoms with Crippen LogP contribution < -0.4 is 10.6 Å². The van der Waals surface area contributed by atoms with E-state index in [4.69, 9.17) is 4.74 Å². The van der Waals surface area contributed by atoms with Gasteiger partial charge in [0.25, 0.3) is 0 Å². The number of rotatable bonds is 6. The maximum Gasteiger partial charge on any atom is 0.0704 e. The third-order valence-corrected chi connectivity index (χ3v) is 3.30. The van der Waals surface area contributed by atoms with Crippen LogP contribution in [0.25, 0.3) is 0 Å². The van der Waals surface area contributed by atoms with Crippen LogP contribution in [0.1, 0.15) is 39.5 Å². The molecule has 15 heavy (non-hydrogen) atoms. The summed E-state index contributed by atoms with van der Waals surface area (Å²) in [6.07, 6.45) is 6.10. The van der Waals surface area contributed by atoms with E-state index in [0.29, 0.717) is 18.2 Å². The van der Waals surface area contributed by atoms with E-state index in [0.717, 1.165) is 19.1 Å². The fourth-order valence-corrected chi connectivity index (χ4v) is 2.07. The summed E-state index contributed by atoms with van der Waals surface area (Å²) in [6.45, 7) is 6.51. The molecular formula is C12H24N2O. The normalized spacial score (nSPS) is 33.2. The lowest BCUT2D eigenvalue weighted by atomic mass is 10.2. The van der Waals surface area contributed by atoms with Crippen molar-refractivity contribution in [3.05, 3.63) is 0 Å². The Hall–Kier alpha value is -0.120. The largest absolute Gasteiger partial charge is 0.374 e. The summed E-state index contributed by atoms with van der Waals surface area (Å²) < 4.78 is 5.77. The molecule has 2 N–H and O–H groups in total. The van der Waals surface area contributed by atoms with Crippen LogP contribution in [0, 0.1) is 0 Å². The van der Waals surface area contributed by atoms with Crippen molar-refractivity contribution in [2.75, 3.05) is 13.1 Å². The van der Waals surface area contributed by atoms with Gasteiger partial charge < -0.3 is 15.4 Å². The Labute approximate surface area is 93.0 Å². The Morgan fingerprint density at radius 1 is 1.27 bits per heavy atom. The lowest BCUT2D eigenvalue weighted by molar-refractivity contribution is 0.0546. The molecule has 1 saturated heterocycles. The minimum Gasteiger partial charge on any atom is -0.374 e. The number of hydrogen-bond donors (Lipinski definition) is 2. The zero-order valence-corrected chi connectivity index (χ0v) is 9.96. The third-order valence-electron chi connectivity index (χ3n) is 3.30. The Bertz CT molecular complexity index is 194. The second-order valence-corrected chi connectivity index (χ2v) is 5.14. The average Bonchev–Trinajstić information content (AvgIpc) is 2.95. The van der Waals surface area contributed by atoms with E-state index >= 15 is 0 Å². The molecule has 2 fully saturated rings. The first kappa shape index (κ1) is 11.4. The number of nitrogens with one attached hydrogen (secondary N) is 2. The lowest BCUT2D eigenvalue weighted by Gasteiger charge is -2.17.